The van der Waals surface area contributed by atoms with Crippen LogP contribution in [0.5, 0.6) is 0 Å². The SMILES string of the molecule is CCOC(=O)/C(C#N)=C/C=C1/Sc2ccccc2N1CC. The average molecular weight is 300 g/mol. The van der Waals surface area contributed by atoms with E-state index in [0.717, 1.165) is 17.3 Å². The third-order valence-corrected chi connectivity index (χ3v) is 4.09. The minimum Gasteiger partial charge on any atom is -0.462 e. The second-order valence-electron chi connectivity index (χ2n) is 4.23. The summed E-state index contributed by atoms with van der Waals surface area (Å²) in [5.41, 5.74) is 1.16. The van der Waals surface area contributed by atoms with Gasteiger partial charge in [0.05, 0.1) is 17.3 Å². The highest BCUT2D eigenvalue weighted by molar-refractivity contribution is 8.03. The number of allylic oxidation sites excluding steroid dienone is 2. The van der Waals surface area contributed by atoms with Gasteiger partial charge in [0.2, 0.25) is 0 Å². The number of fused-ring (bicyclic) bond motifs is 1. The van der Waals surface area contributed by atoms with Crippen LogP contribution in [0.3, 0.4) is 0 Å². The van der Waals surface area contributed by atoms with Crippen LogP contribution in [0.25, 0.3) is 0 Å². The second-order valence-corrected chi connectivity index (χ2v) is 5.29. The molecule has 0 aliphatic carbocycles. The monoisotopic (exact) mass is 300 g/mol. The highest BCUT2D eigenvalue weighted by Gasteiger charge is 2.22. The third kappa shape index (κ3) is 3.29. The Morgan fingerprint density at radius 1 is 1.43 bits per heavy atom. The number of nitrogens with zero attached hydrogens (tertiary/aromatic N) is 2. The molecule has 108 valence electrons. The Morgan fingerprint density at radius 3 is 2.86 bits per heavy atom. The molecule has 0 fully saturated rings. The summed E-state index contributed by atoms with van der Waals surface area (Å²) < 4.78 is 4.85. The highest BCUT2D eigenvalue weighted by Crippen LogP contribution is 2.45. The number of hydrogen-bond acceptors (Lipinski definition) is 5. The Hall–Kier alpha value is -2.19. The maximum absolute atomic E-state index is 11.6. The molecule has 21 heavy (non-hydrogen) atoms. The molecule has 0 spiro atoms. The van der Waals surface area contributed by atoms with Crippen molar-refractivity contribution in [2.75, 3.05) is 18.1 Å². The van der Waals surface area contributed by atoms with E-state index in [-0.39, 0.29) is 12.2 Å². The van der Waals surface area contributed by atoms with Crippen LogP contribution in [0.1, 0.15) is 13.8 Å². The first kappa shape index (κ1) is 15.2. The lowest BCUT2D eigenvalue weighted by Gasteiger charge is -2.17. The standard InChI is InChI=1S/C16H16N2O2S/c1-3-18-13-7-5-6-8-14(13)21-15(18)10-9-12(11-17)16(19)20-4-2/h5-10H,3-4H2,1-2H3/b12-9+,15-10+. The average Bonchev–Trinajstić information content (AvgIpc) is 2.85. The molecule has 0 saturated heterocycles. The summed E-state index contributed by atoms with van der Waals surface area (Å²) in [5, 5.41) is 10.0. The van der Waals surface area contributed by atoms with Gasteiger partial charge in [-0.05, 0) is 38.1 Å². The molecule has 1 heterocycles. The first-order chi connectivity index (χ1) is 10.2. The number of thioether (sulfide) groups is 1. The summed E-state index contributed by atoms with van der Waals surface area (Å²) in [5.74, 6) is -0.583. The van der Waals surface area contributed by atoms with E-state index >= 15 is 0 Å². The van der Waals surface area contributed by atoms with Crippen LogP contribution in [0.4, 0.5) is 5.69 Å². The normalized spacial score (nSPS) is 15.8. The number of benzene rings is 1. The fourth-order valence-corrected chi connectivity index (χ4v) is 3.15. The van der Waals surface area contributed by atoms with Crippen molar-refractivity contribution >= 4 is 23.4 Å². The van der Waals surface area contributed by atoms with Gasteiger partial charge in [0.25, 0.3) is 0 Å². The fraction of sp³-hybridized carbons (Fsp3) is 0.250. The van der Waals surface area contributed by atoms with Crippen molar-refractivity contribution in [3.63, 3.8) is 0 Å². The van der Waals surface area contributed by atoms with Crippen LogP contribution >= 0.6 is 11.8 Å². The van der Waals surface area contributed by atoms with E-state index in [4.69, 9.17) is 10.00 Å². The molecule has 5 heteroatoms. The van der Waals surface area contributed by atoms with Gasteiger partial charge in [-0.3, -0.25) is 0 Å². The van der Waals surface area contributed by atoms with Gasteiger partial charge in [-0.1, -0.05) is 23.9 Å². The number of carbonyl (C=O) groups excluding carboxylic acids is 1. The van der Waals surface area contributed by atoms with Crippen molar-refractivity contribution < 1.29 is 9.53 Å². The first-order valence-corrected chi connectivity index (χ1v) is 7.56. The van der Waals surface area contributed by atoms with E-state index in [2.05, 4.69) is 24.0 Å². The van der Waals surface area contributed by atoms with E-state index < -0.39 is 5.97 Å². The van der Waals surface area contributed by atoms with Crippen LogP contribution in [0, 0.1) is 11.3 Å². The van der Waals surface area contributed by atoms with Crippen LogP contribution in [-0.4, -0.2) is 19.1 Å². The summed E-state index contributed by atoms with van der Waals surface area (Å²) in [4.78, 5) is 14.9. The molecule has 0 amide bonds. The highest BCUT2D eigenvalue weighted by atomic mass is 32.2. The summed E-state index contributed by atoms with van der Waals surface area (Å²) >= 11 is 1.63. The Bertz CT molecular complexity index is 644. The lowest BCUT2D eigenvalue weighted by molar-refractivity contribution is -0.138. The van der Waals surface area contributed by atoms with Crippen LogP contribution < -0.4 is 4.90 Å². The molecule has 0 bridgehead atoms. The molecule has 0 saturated carbocycles. The number of nitriles is 1. The molecule has 0 atom stereocenters. The smallest absolute Gasteiger partial charge is 0.348 e. The molecule has 1 aliphatic heterocycles. The summed E-state index contributed by atoms with van der Waals surface area (Å²) in [6, 6.07) is 10.00. The van der Waals surface area contributed by atoms with Gasteiger partial charge in [0.1, 0.15) is 11.6 Å². The van der Waals surface area contributed by atoms with Gasteiger partial charge >= 0.3 is 5.97 Å². The number of rotatable bonds is 4. The Labute approximate surface area is 128 Å². The zero-order chi connectivity index (χ0) is 15.2. The van der Waals surface area contributed by atoms with E-state index in [9.17, 15) is 4.79 Å². The maximum Gasteiger partial charge on any atom is 0.348 e. The van der Waals surface area contributed by atoms with Gasteiger partial charge in [-0.15, -0.1) is 0 Å². The molecular formula is C16H16N2O2S. The van der Waals surface area contributed by atoms with Crippen LogP contribution in [0.15, 0.2) is 51.9 Å². The fourth-order valence-electron chi connectivity index (χ4n) is 2.02. The number of anilines is 1. The third-order valence-electron chi connectivity index (χ3n) is 2.96. The molecule has 0 N–H and O–H groups in total. The molecule has 1 aromatic rings. The zero-order valence-corrected chi connectivity index (χ0v) is 12.8. The van der Waals surface area contributed by atoms with Crippen LogP contribution in [-0.2, 0) is 9.53 Å². The molecule has 0 radical (unpaired) electrons. The lowest BCUT2D eigenvalue weighted by atomic mass is 10.2. The first-order valence-electron chi connectivity index (χ1n) is 6.74. The predicted octanol–water partition coefficient (Wildman–Crippen LogP) is 3.47. The minimum absolute atomic E-state index is 0.0111. The predicted molar refractivity (Wildman–Crippen MR) is 83.7 cm³/mol. The van der Waals surface area contributed by atoms with Gasteiger partial charge in [0, 0.05) is 11.4 Å². The van der Waals surface area contributed by atoms with Crippen molar-refractivity contribution in [3.8, 4) is 6.07 Å². The minimum atomic E-state index is -0.583. The number of carbonyl (C=O) groups is 1. The van der Waals surface area contributed by atoms with Crippen molar-refractivity contribution in [2.45, 2.75) is 18.7 Å². The largest absolute Gasteiger partial charge is 0.462 e. The maximum atomic E-state index is 11.6. The van der Waals surface area contributed by atoms with Gasteiger partial charge in [0.15, 0.2) is 0 Å². The number of para-hydroxylation sites is 1. The zero-order valence-electron chi connectivity index (χ0n) is 12.0. The molecule has 1 aliphatic rings. The summed E-state index contributed by atoms with van der Waals surface area (Å²) in [7, 11) is 0. The molecule has 0 aromatic heterocycles. The van der Waals surface area contributed by atoms with Gasteiger partial charge in [-0.2, -0.15) is 5.26 Å². The number of hydrogen-bond donors (Lipinski definition) is 0. The molecule has 0 unspecified atom stereocenters. The molecule has 1 aromatic carbocycles. The Balaban J connectivity index is 2.26. The quantitative estimate of drug-likeness (QED) is 0.484. The van der Waals surface area contributed by atoms with Crippen molar-refractivity contribution in [2.24, 2.45) is 0 Å². The van der Waals surface area contributed by atoms with Crippen molar-refractivity contribution in [1.82, 2.24) is 0 Å². The van der Waals surface area contributed by atoms with E-state index in [1.54, 1.807) is 24.8 Å². The summed E-state index contributed by atoms with van der Waals surface area (Å²) in [6.07, 6.45) is 3.32. The second kappa shape index (κ2) is 7.00. The Morgan fingerprint density at radius 2 is 2.19 bits per heavy atom. The van der Waals surface area contributed by atoms with E-state index in [0.29, 0.717) is 0 Å². The van der Waals surface area contributed by atoms with Crippen LogP contribution in [0.2, 0.25) is 0 Å². The Kier molecular flexibility index (Phi) is 5.07. The van der Waals surface area contributed by atoms with Crippen molar-refractivity contribution in [3.05, 3.63) is 47.0 Å². The number of ether oxygens (including phenoxy) is 1. The number of esters is 1. The van der Waals surface area contributed by atoms with Gasteiger partial charge in [-0.25, -0.2) is 4.79 Å². The molecule has 2 rings (SSSR count). The van der Waals surface area contributed by atoms with Gasteiger partial charge < -0.3 is 9.64 Å². The molecular weight excluding hydrogens is 284 g/mol. The summed E-state index contributed by atoms with van der Waals surface area (Å²) in [6.45, 7) is 4.87. The van der Waals surface area contributed by atoms with E-state index in [1.807, 2.05) is 18.2 Å². The van der Waals surface area contributed by atoms with Crippen molar-refractivity contribution in [1.29, 1.82) is 5.26 Å². The topological polar surface area (TPSA) is 53.3 Å². The van der Waals surface area contributed by atoms with E-state index in [1.165, 1.54) is 11.0 Å². The lowest BCUT2D eigenvalue weighted by Crippen LogP contribution is -2.16. The molecule has 4 nitrogen and oxygen atoms in total.